The number of hydrogen-bond donors (Lipinski definition) is 1. The topological polar surface area (TPSA) is 58.6 Å². The first-order chi connectivity index (χ1) is 12.0. The van der Waals surface area contributed by atoms with E-state index in [4.69, 9.17) is 16.3 Å². The maximum Gasteiger partial charge on any atom is 0.243 e. The van der Waals surface area contributed by atoms with Crippen molar-refractivity contribution in [2.45, 2.75) is 13.3 Å². The van der Waals surface area contributed by atoms with Crippen molar-refractivity contribution < 1.29 is 14.3 Å². The number of nitrogens with one attached hydrogen (secondary N) is 1. The zero-order chi connectivity index (χ0) is 18.2. The number of hydrogen-bond acceptors (Lipinski definition) is 3. The Bertz CT molecular complexity index is 732. The number of halogens is 1. The Morgan fingerprint density at radius 1 is 1.16 bits per heavy atom. The van der Waals surface area contributed by atoms with Crippen LogP contribution < -0.4 is 10.1 Å². The fourth-order valence-electron chi connectivity index (χ4n) is 2.35. The van der Waals surface area contributed by atoms with Gasteiger partial charge in [-0.2, -0.15) is 0 Å². The molecule has 0 spiro atoms. The van der Waals surface area contributed by atoms with Crippen LogP contribution in [0.5, 0.6) is 5.75 Å². The highest BCUT2D eigenvalue weighted by atomic mass is 35.5. The molecule has 0 aliphatic rings. The Kier molecular flexibility index (Phi) is 6.83. The van der Waals surface area contributed by atoms with E-state index in [0.29, 0.717) is 29.4 Å². The Hall–Kier alpha value is -2.53. The van der Waals surface area contributed by atoms with E-state index in [1.54, 1.807) is 37.4 Å². The third-order valence-corrected chi connectivity index (χ3v) is 3.95. The lowest BCUT2D eigenvalue weighted by atomic mass is 10.1. The van der Waals surface area contributed by atoms with Gasteiger partial charge in [0.25, 0.3) is 0 Å². The van der Waals surface area contributed by atoms with E-state index in [-0.39, 0.29) is 18.4 Å². The summed E-state index contributed by atoms with van der Waals surface area (Å²) in [5.74, 6) is 0.322. The van der Waals surface area contributed by atoms with Gasteiger partial charge >= 0.3 is 0 Å². The number of carbonyl (C=O) groups excluding carboxylic acids is 2. The van der Waals surface area contributed by atoms with E-state index in [9.17, 15) is 9.59 Å². The molecule has 5 nitrogen and oxygen atoms in total. The zero-order valence-electron chi connectivity index (χ0n) is 14.3. The van der Waals surface area contributed by atoms with Gasteiger partial charge < -0.3 is 15.0 Å². The summed E-state index contributed by atoms with van der Waals surface area (Å²) in [6, 6.07) is 14.5. The fraction of sp³-hybridized carbons (Fsp3) is 0.263. The van der Waals surface area contributed by atoms with Gasteiger partial charge in [-0.15, -0.1) is 0 Å². The molecule has 0 saturated carbocycles. The standard InChI is InChI=1S/C19H21ClN2O3/c1-14(23)22(11-10-15-4-3-5-16(20)12-15)13-19(24)21-17-6-8-18(25-2)9-7-17/h3-9,12H,10-11,13H2,1-2H3,(H,21,24). The Morgan fingerprint density at radius 2 is 1.88 bits per heavy atom. The lowest BCUT2D eigenvalue weighted by Crippen LogP contribution is -2.38. The largest absolute Gasteiger partial charge is 0.497 e. The molecule has 0 fully saturated rings. The second-order valence-corrected chi connectivity index (χ2v) is 6.03. The number of methoxy groups -OCH3 is 1. The quantitative estimate of drug-likeness (QED) is 0.823. The van der Waals surface area contributed by atoms with Crippen molar-refractivity contribution in [3.63, 3.8) is 0 Å². The number of ether oxygens (including phenoxy) is 1. The van der Waals surface area contributed by atoms with E-state index in [1.807, 2.05) is 18.2 Å². The molecular weight excluding hydrogens is 340 g/mol. The van der Waals surface area contributed by atoms with Crippen LogP contribution in [0.3, 0.4) is 0 Å². The maximum atomic E-state index is 12.2. The van der Waals surface area contributed by atoms with Gasteiger partial charge in [-0.1, -0.05) is 23.7 Å². The predicted octanol–water partition coefficient (Wildman–Crippen LogP) is 3.38. The summed E-state index contributed by atoms with van der Waals surface area (Å²) in [6.07, 6.45) is 0.635. The van der Waals surface area contributed by atoms with Crippen molar-refractivity contribution in [3.05, 3.63) is 59.1 Å². The van der Waals surface area contributed by atoms with Crippen molar-refractivity contribution in [1.29, 1.82) is 0 Å². The van der Waals surface area contributed by atoms with Crippen LogP contribution in [-0.4, -0.2) is 36.9 Å². The molecule has 0 unspecified atom stereocenters. The highest BCUT2D eigenvalue weighted by Crippen LogP contribution is 2.15. The summed E-state index contributed by atoms with van der Waals surface area (Å²) >= 11 is 5.97. The molecule has 2 amide bonds. The summed E-state index contributed by atoms with van der Waals surface area (Å²) in [4.78, 5) is 25.5. The van der Waals surface area contributed by atoms with Gasteiger partial charge in [0.2, 0.25) is 11.8 Å². The summed E-state index contributed by atoms with van der Waals surface area (Å²) in [6.45, 7) is 1.91. The first-order valence-electron chi connectivity index (χ1n) is 7.92. The maximum absolute atomic E-state index is 12.2. The molecule has 0 aromatic heterocycles. The number of nitrogens with zero attached hydrogens (tertiary/aromatic N) is 1. The highest BCUT2D eigenvalue weighted by molar-refractivity contribution is 6.30. The second-order valence-electron chi connectivity index (χ2n) is 5.60. The molecule has 2 aromatic rings. The van der Waals surface area contributed by atoms with Crippen molar-refractivity contribution in [1.82, 2.24) is 4.90 Å². The first-order valence-corrected chi connectivity index (χ1v) is 8.29. The third kappa shape index (κ3) is 6.12. The van der Waals surface area contributed by atoms with E-state index >= 15 is 0 Å². The Labute approximate surface area is 152 Å². The van der Waals surface area contributed by atoms with Crippen molar-refractivity contribution in [2.24, 2.45) is 0 Å². The van der Waals surface area contributed by atoms with Gasteiger partial charge in [-0.25, -0.2) is 0 Å². The monoisotopic (exact) mass is 360 g/mol. The molecule has 25 heavy (non-hydrogen) atoms. The van der Waals surface area contributed by atoms with Gasteiger partial charge in [0.05, 0.1) is 13.7 Å². The smallest absolute Gasteiger partial charge is 0.243 e. The molecule has 0 bridgehead atoms. The molecule has 0 heterocycles. The number of amides is 2. The lowest BCUT2D eigenvalue weighted by molar-refractivity contribution is -0.132. The van der Waals surface area contributed by atoms with Crippen molar-refractivity contribution in [3.8, 4) is 5.75 Å². The van der Waals surface area contributed by atoms with E-state index in [0.717, 1.165) is 5.56 Å². The minimum Gasteiger partial charge on any atom is -0.497 e. The molecular formula is C19H21ClN2O3. The number of rotatable bonds is 7. The molecule has 132 valence electrons. The zero-order valence-corrected chi connectivity index (χ0v) is 15.0. The van der Waals surface area contributed by atoms with Gasteiger partial charge in [0, 0.05) is 24.2 Å². The summed E-state index contributed by atoms with van der Waals surface area (Å²) < 4.78 is 5.08. The Morgan fingerprint density at radius 3 is 2.48 bits per heavy atom. The Balaban J connectivity index is 1.91. The van der Waals surface area contributed by atoms with Crippen LogP contribution in [0, 0.1) is 0 Å². The van der Waals surface area contributed by atoms with Gasteiger partial charge in [-0.3, -0.25) is 9.59 Å². The molecule has 0 saturated heterocycles. The molecule has 2 aromatic carbocycles. The fourth-order valence-corrected chi connectivity index (χ4v) is 2.57. The van der Waals surface area contributed by atoms with Crippen molar-refractivity contribution >= 4 is 29.1 Å². The molecule has 0 aliphatic heterocycles. The minimum absolute atomic E-state index is 0.00191. The van der Waals surface area contributed by atoms with E-state index in [2.05, 4.69) is 5.32 Å². The van der Waals surface area contributed by atoms with Crippen LogP contribution in [0.15, 0.2) is 48.5 Å². The van der Waals surface area contributed by atoms with Crippen LogP contribution >= 0.6 is 11.6 Å². The number of benzene rings is 2. The van der Waals surface area contributed by atoms with Crippen LogP contribution in [0.4, 0.5) is 5.69 Å². The number of anilines is 1. The predicted molar refractivity (Wildman–Crippen MR) is 99.0 cm³/mol. The minimum atomic E-state index is -0.244. The average molecular weight is 361 g/mol. The van der Waals surface area contributed by atoms with Crippen LogP contribution in [-0.2, 0) is 16.0 Å². The highest BCUT2D eigenvalue weighted by Gasteiger charge is 2.14. The SMILES string of the molecule is COc1ccc(NC(=O)CN(CCc2cccc(Cl)c2)C(C)=O)cc1. The van der Waals surface area contributed by atoms with E-state index in [1.165, 1.54) is 11.8 Å². The van der Waals surface area contributed by atoms with Crippen LogP contribution in [0.1, 0.15) is 12.5 Å². The van der Waals surface area contributed by atoms with Crippen LogP contribution in [0.25, 0.3) is 0 Å². The lowest BCUT2D eigenvalue weighted by Gasteiger charge is -2.20. The molecule has 6 heteroatoms. The van der Waals surface area contributed by atoms with E-state index < -0.39 is 0 Å². The number of carbonyl (C=O) groups is 2. The molecule has 0 radical (unpaired) electrons. The third-order valence-electron chi connectivity index (χ3n) is 3.71. The van der Waals surface area contributed by atoms with Crippen LogP contribution in [0.2, 0.25) is 5.02 Å². The average Bonchev–Trinajstić information content (AvgIpc) is 2.59. The van der Waals surface area contributed by atoms with Crippen molar-refractivity contribution in [2.75, 3.05) is 25.5 Å². The first kappa shape index (κ1) is 18.8. The summed E-state index contributed by atoms with van der Waals surface area (Å²) in [5, 5.41) is 3.43. The van der Waals surface area contributed by atoms with Gasteiger partial charge in [0.1, 0.15) is 5.75 Å². The van der Waals surface area contributed by atoms with Gasteiger partial charge in [0.15, 0.2) is 0 Å². The second kappa shape index (κ2) is 9.08. The van der Waals surface area contributed by atoms with Gasteiger partial charge in [-0.05, 0) is 48.4 Å². The summed E-state index contributed by atoms with van der Waals surface area (Å²) in [5.41, 5.74) is 1.68. The molecule has 0 atom stereocenters. The molecule has 2 rings (SSSR count). The molecule has 0 aliphatic carbocycles. The normalized spacial score (nSPS) is 10.2. The molecule has 1 N–H and O–H groups in total. The summed E-state index contributed by atoms with van der Waals surface area (Å²) in [7, 11) is 1.58.